The first-order valence-electron chi connectivity index (χ1n) is 11.0. The molecule has 1 fully saturated rings. The maximum Gasteiger partial charge on any atom is 0.189 e. The molecule has 0 N–H and O–H groups in total. The van der Waals surface area contributed by atoms with E-state index < -0.39 is 0 Å². The van der Waals surface area contributed by atoms with Crippen LogP contribution < -0.4 is 4.74 Å². The largest absolute Gasteiger partial charge is 0.489 e. The fourth-order valence-electron chi connectivity index (χ4n) is 4.51. The molecule has 154 valence electrons. The highest BCUT2D eigenvalue weighted by atomic mass is 16.5. The Morgan fingerprint density at radius 2 is 1.71 bits per heavy atom. The summed E-state index contributed by atoms with van der Waals surface area (Å²) in [5, 5.41) is 0. The minimum atomic E-state index is 0.460. The van der Waals surface area contributed by atoms with Crippen LogP contribution in [0.5, 0.6) is 5.75 Å². The Kier molecular flexibility index (Phi) is 5.41. The van der Waals surface area contributed by atoms with Crippen LogP contribution >= 0.6 is 0 Å². The van der Waals surface area contributed by atoms with Crippen LogP contribution in [-0.2, 0) is 6.61 Å². The molecule has 31 heavy (non-hydrogen) atoms. The summed E-state index contributed by atoms with van der Waals surface area (Å²) in [5.74, 6) is 1.84. The van der Waals surface area contributed by atoms with Crippen molar-refractivity contribution < 1.29 is 4.74 Å². The van der Waals surface area contributed by atoms with E-state index in [1.165, 1.54) is 32.1 Å². The van der Waals surface area contributed by atoms with E-state index in [1.807, 2.05) is 42.5 Å². The Balaban J connectivity index is 1.47. The zero-order valence-electron chi connectivity index (χ0n) is 17.5. The van der Waals surface area contributed by atoms with Crippen molar-refractivity contribution in [1.29, 1.82) is 0 Å². The van der Waals surface area contributed by atoms with E-state index in [4.69, 9.17) is 16.3 Å². The van der Waals surface area contributed by atoms with Gasteiger partial charge in [0.15, 0.2) is 5.69 Å². The van der Waals surface area contributed by atoms with Gasteiger partial charge in [-0.1, -0.05) is 55.7 Å². The molecule has 3 aromatic carbocycles. The molecular formula is C27H25N3O. The molecule has 1 aliphatic carbocycles. The third-order valence-electron chi connectivity index (χ3n) is 6.10. The van der Waals surface area contributed by atoms with Gasteiger partial charge in [0.2, 0.25) is 0 Å². The second kappa shape index (κ2) is 8.65. The smallest absolute Gasteiger partial charge is 0.189 e. The lowest BCUT2D eigenvalue weighted by atomic mass is 9.95. The van der Waals surface area contributed by atoms with Crippen molar-refractivity contribution in [3.05, 3.63) is 89.8 Å². The number of hydrogen-bond donors (Lipinski definition) is 0. The second-order valence-electron chi connectivity index (χ2n) is 8.18. The van der Waals surface area contributed by atoms with Gasteiger partial charge in [-0.3, -0.25) is 0 Å². The van der Waals surface area contributed by atoms with Gasteiger partial charge in [-0.25, -0.2) is 9.83 Å². The number of aromatic nitrogens is 2. The summed E-state index contributed by atoms with van der Waals surface area (Å²) in [4.78, 5) is 8.55. The zero-order valence-corrected chi connectivity index (χ0v) is 17.5. The predicted molar refractivity (Wildman–Crippen MR) is 124 cm³/mol. The topological polar surface area (TPSA) is 31.4 Å². The quantitative estimate of drug-likeness (QED) is 0.324. The summed E-state index contributed by atoms with van der Waals surface area (Å²) < 4.78 is 8.36. The summed E-state index contributed by atoms with van der Waals surface area (Å²) >= 11 is 0. The fraction of sp³-hybridized carbons (Fsp3) is 0.259. The minimum absolute atomic E-state index is 0.460. The molecule has 0 saturated heterocycles. The molecule has 0 spiro atoms. The lowest BCUT2D eigenvalue weighted by Crippen LogP contribution is -2.13. The average molecular weight is 408 g/mol. The molecule has 0 bridgehead atoms. The summed E-state index contributed by atoms with van der Waals surface area (Å²) in [6.45, 7) is 7.90. The molecule has 0 aliphatic heterocycles. The molecule has 4 aromatic rings. The number of imidazole rings is 1. The van der Waals surface area contributed by atoms with Crippen molar-refractivity contribution in [3.8, 4) is 17.1 Å². The molecule has 1 aromatic heterocycles. The number of benzene rings is 3. The van der Waals surface area contributed by atoms with Crippen LogP contribution in [0, 0.1) is 6.57 Å². The van der Waals surface area contributed by atoms with Crippen LogP contribution in [0.2, 0.25) is 0 Å². The highest BCUT2D eigenvalue weighted by molar-refractivity contribution is 5.84. The Morgan fingerprint density at radius 1 is 0.935 bits per heavy atom. The first-order chi connectivity index (χ1) is 15.3. The Labute approximate surface area is 182 Å². The van der Waals surface area contributed by atoms with Gasteiger partial charge < -0.3 is 9.30 Å². The Hall–Kier alpha value is -3.58. The average Bonchev–Trinajstić information content (AvgIpc) is 3.23. The number of ether oxygens (including phenoxy) is 1. The summed E-state index contributed by atoms with van der Waals surface area (Å²) in [5.41, 5.74) is 4.90. The molecule has 4 heteroatoms. The van der Waals surface area contributed by atoms with Gasteiger partial charge in [0.1, 0.15) is 18.2 Å². The van der Waals surface area contributed by atoms with Gasteiger partial charge in [-0.2, -0.15) is 0 Å². The summed E-state index contributed by atoms with van der Waals surface area (Å²) in [6.07, 6.45) is 6.20. The monoisotopic (exact) mass is 407 g/mol. The van der Waals surface area contributed by atoms with Crippen LogP contribution in [0.4, 0.5) is 5.69 Å². The first kappa shape index (κ1) is 19.4. The normalized spacial score (nSPS) is 14.4. The zero-order chi connectivity index (χ0) is 21.0. The maximum atomic E-state index is 7.34. The molecule has 0 amide bonds. The van der Waals surface area contributed by atoms with E-state index in [0.717, 1.165) is 33.7 Å². The highest BCUT2D eigenvalue weighted by Crippen LogP contribution is 2.37. The molecule has 0 unspecified atom stereocenters. The lowest BCUT2D eigenvalue weighted by Gasteiger charge is -2.25. The SMILES string of the molecule is [C-]#[N+]c1ccc2c(c1)nc(-c1ccc(OCc3ccccc3)cc1)n2C1CCCCC1. The molecule has 1 aliphatic rings. The molecule has 1 heterocycles. The fourth-order valence-corrected chi connectivity index (χ4v) is 4.51. The van der Waals surface area contributed by atoms with Gasteiger partial charge in [0.25, 0.3) is 0 Å². The van der Waals surface area contributed by atoms with Crippen molar-refractivity contribution in [3.63, 3.8) is 0 Å². The third kappa shape index (κ3) is 4.04. The standard InChI is InChI=1S/C27H25N3O/c1-28-22-14-17-26-25(18-22)29-27(30(26)23-10-6-3-7-11-23)21-12-15-24(16-13-21)31-19-20-8-4-2-5-9-20/h2,4-5,8-9,12-18,23H,3,6-7,10-11,19H2. The van der Waals surface area contributed by atoms with Gasteiger partial charge in [-0.15, -0.1) is 0 Å². The van der Waals surface area contributed by atoms with E-state index in [2.05, 4.69) is 39.7 Å². The second-order valence-corrected chi connectivity index (χ2v) is 8.18. The Morgan fingerprint density at radius 3 is 2.45 bits per heavy atom. The van der Waals surface area contributed by atoms with Crippen LogP contribution in [-0.4, -0.2) is 9.55 Å². The van der Waals surface area contributed by atoms with Crippen molar-refractivity contribution in [2.75, 3.05) is 0 Å². The van der Waals surface area contributed by atoms with Gasteiger partial charge >= 0.3 is 0 Å². The molecule has 0 radical (unpaired) electrons. The van der Waals surface area contributed by atoms with E-state index in [1.54, 1.807) is 0 Å². The molecule has 1 saturated carbocycles. The first-order valence-corrected chi connectivity index (χ1v) is 11.0. The van der Waals surface area contributed by atoms with Gasteiger partial charge in [0.05, 0.1) is 17.6 Å². The maximum absolute atomic E-state index is 7.34. The minimum Gasteiger partial charge on any atom is -0.489 e. The highest BCUT2D eigenvalue weighted by Gasteiger charge is 2.22. The van der Waals surface area contributed by atoms with Crippen LogP contribution in [0.1, 0.15) is 43.7 Å². The summed E-state index contributed by atoms with van der Waals surface area (Å²) in [6, 6.07) is 24.8. The van der Waals surface area contributed by atoms with E-state index in [9.17, 15) is 0 Å². The van der Waals surface area contributed by atoms with E-state index in [-0.39, 0.29) is 0 Å². The third-order valence-corrected chi connectivity index (χ3v) is 6.10. The van der Waals surface area contributed by atoms with E-state index in [0.29, 0.717) is 18.3 Å². The lowest BCUT2D eigenvalue weighted by molar-refractivity contribution is 0.306. The Bertz CT molecular complexity index is 1210. The number of fused-ring (bicyclic) bond motifs is 1. The van der Waals surface area contributed by atoms with Crippen LogP contribution in [0.15, 0.2) is 72.8 Å². The van der Waals surface area contributed by atoms with Crippen molar-refractivity contribution in [2.24, 2.45) is 0 Å². The van der Waals surface area contributed by atoms with Gasteiger partial charge in [0, 0.05) is 11.6 Å². The van der Waals surface area contributed by atoms with Crippen LogP contribution in [0.25, 0.3) is 27.3 Å². The van der Waals surface area contributed by atoms with Crippen molar-refractivity contribution in [1.82, 2.24) is 9.55 Å². The predicted octanol–water partition coefficient (Wildman–Crippen LogP) is 7.34. The molecular weight excluding hydrogens is 382 g/mol. The molecule has 5 rings (SSSR count). The number of nitrogens with zero attached hydrogens (tertiary/aromatic N) is 3. The van der Waals surface area contributed by atoms with Crippen molar-refractivity contribution >= 4 is 16.7 Å². The number of hydrogen-bond acceptors (Lipinski definition) is 2. The molecule has 0 atom stereocenters. The molecule has 4 nitrogen and oxygen atoms in total. The van der Waals surface area contributed by atoms with Crippen molar-refractivity contribution in [2.45, 2.75) is 44.8 Å². The summed E-state index contributed by atoms with van der Waals surface area (Å²) in [7, 11) is 0. The van der Waals surface area contributed by atoms with Crippen LogP contribution in [0.3, 0.4) is 0 Å². The van der Waals surface area contributed by atoms with E-state index >= 15 is 0 Å². The number of rotatable bonds is 5. The van der Waals surface area contributed by atoms with Gasteiger partial charge in [-0.05, 0) is 54.8 Å².